The minimum absolute atomic E-state index is 0.213. The number of carbonyl (C=O) groups is 2. The molecule has 0 radical (unpaired) electrons. The second kappa shape index (κ2) is 7.60. The van der Waals surface area contributed by atoms with E-state index in [0.717, 1.165) is 24.8 Å². The lowest BCUT2D eigenvalue weighted by Crippen LogP contribution is -2.35. The number of nitrogens with one attached hydrogen (secondary N) is 1. The van der Waals surface area contributed by atoms with Crippen molar-refractivity contribution in [3.8, 4) is 11.5 Å². The molecule has 1 amide bonds. The molecule has 0 unspecified atom stereocenters. The van der Waals surface area contributed by atoms with Crippen LogP contribution < -0.4 is 14.8 Å². The molecular formula is C20H21NO5S. The second-order valence-corrected chi connectivity index (χ2v) is 7.86. The highest BCUT2D eigenvalue weighted by atomic mass is 32.1. The monoisotopic (exact) mass is 387 g/mol. The summed E-state index contributed by atoms with van der Waals surface area (Å²) >= 11 is 1.49. The Kier molecular flexibility index (Phi) is 5.03. The number of thiophene rings is 1. The molecule has 2 aromatic rings. The Morgan fingerprint density at radius 1 is 1.19 bits per heavy atom. The Labute approximate surface area is 161 Å². The number of hydrogen-bond donors (Lipinski definition) is 1. The third-order valence-electron chi connectivity index (χ3n) is 4.75. The summed E-state index contributed by atoms with van der Waals surface area (Å²) in [5, 5.41) is 2.79. The molecule has 1 atom stereocenters. The summed E-state index contributed by atoms with van der Waals surface area (Å²) in [4.78, 5) is 26.5. The van der Waals surface area contributed by atoms with Crippen LogP contribution >= 0.6 is 11.3 Å². The van der Waals surface area contributed by atoms with Gasteiger partial charge in [-0.1, -0.05) is 6.07 Å². The van der Waals surface area contributed by atoms with E-state index in [1.54, 1.807) is 6.92 Å². The maximum absolute atomic E-state index is 12.4. The zero-order valence-electron chi connectivity index (χ0n) is 15.1. The average molecular weight is 387 g/mol. The van der Waals surface area contributed by atoms with Gasteiger partial charge in [0, 0.05) is 11.4 Å². The van der Waals surface area contributed by atoms with E-state index < -0.39 is 12.1 Å². The van der Waals surface area contributed by atoms with Crippen molar-refractivity contribution >= 4 is 23.2 Å². The van der Waals surface area contributed by atoms with Crippen molar-refractivity contribution in [2.45, 2.75) is 45.3 Å². The molecule has 0 saturated heterocycles. The largest absolute Gasteiger partial charge is 0.454 e. The fourth-order valence-electron chi connectivity index (χ4n) is 3.25. The van der Waals surface area contributed by atoms with Crippen LogP contribution in [0.5, 0.6) is 11.5 Å². The van der Waals surface area contributed by atoms with Gasteiger partial charge in [0.1, 0.15) is 4.88 Å². The number of fused-ring (bicyclic) bond motifs is 2. The number of amides is 1. The molecule has 0 fully saturated rings. The number of carbonyl (C=O) groups excluding carboxylic acids is 2. The first-order chi connectivity index (χ1) is 13.1. The van der Waals surface area contributed by atoms with Crippen LogP contribution in [-0.4, -0.2) is 24.8 Å². The smallest absolute Gasteiger partial charge is 0.349 e. The van der Waals surface area contributed by atoms with Gasteiger partial charge in [-0.15, -0.1) is 11.3 Å². The summed E-state index contributed by atoms with van der Waals surface area (Å²) in [6, 6.07) is 7.42. The van der Waals surface area contributed by atoms with Crippen molar-refractivity contribution in [3.05, 3.63) is 45.1 Å². The molecule has 0 bridgehead atoms. The third-order valence-corrected chi connectivity index (χ3v) is 5.97. The second-order valence-electron chi connectivity index (χ2n) is 6.72. The summed E-state index contributed by atoms with van der Waals surface area (Å²) < 4.78 is 15.9. The number of esters is 1. The van der Waals surface area contributed by atoms with Gasteiger partial charge in [0.05, 0.1) is 0 Å². The predicted molar refractivity (Wildman–Crippen MR) is 100 cm³/mol. The maximum atomic E-state index is 12.4. The van der Waals surface area contributed by atoms with E-state index in [4.69, 9.17) is 14.2 Å². The van der Waals surface area contributed by atoms with E-state index >= 15 is 0 Å². The zero-order valence-corrected chi connectivity index (χ0v) is 15.9. The SMILES string of the molecule is C[C@@H](OC(=O)c1cc2c(s1)CCCC2)C(=O)NCc1ccc2c(c1)OCO2. The lowest BCUT2D eigenvalue weighted by atomic mass is 9.99. The van der Waals surface area contributed by atoms with Gasteiger partial charge in [0.15, 0.2) is 17.6 Å². The van der Waals surface area contributed by atoms with E-state index in [-0.39, 0.29) is 12.7 Å². The molecule has 0 saturated carbocycles. The lowest BCUT2D eigenvalue weighted by molar-refractivity contribution is -0.129. The van der Waals surface area contributed by atoms with Gasteiger partial charge in [-0.25, -0.2) is 4.79 Å². The first-order valence-electron chi connectivity index (χ1n) is 9.09. The van der Waals surface area contributed by atoms with Gasteiger partial charge < -0.3 is 19.5 Å². The Morgan fingerprint density at radius 3 is 2.85 bits per heavy atom. The van der Waals surface area contributed by atoms with E-state index in [1.165, 1.54) is 28.2 Å². The standard InChI is InChI=1S/C20H21NO5S/c1-12(26-20(23)18-9-14-4-2-3-5-17(14)27-18)19(22)21-10-13-6-7-15-16(8-13)25-11-24-15/h6-9,12H,2-5,10-11H2,1H3,(H,21,22)/t12-/m1/s1. The van der Waals surface area contributed by atoms with Crippen molar-refractivity contribution in [1.29, 1.82) is 0 Å². The highest BCUT2D eigenvalue weighted by molar-refractivity contribution is 7.14. The molecular weight excluding hydrogens is 366 g/mol. The van der Waals surface area contributed by atoms with Crippen LogP contribution in [-0.2, 0) is 28.9 Å². The van der Waals surface area contributed by atoms with Crippen LogP contribution in [0.2, 0.25) is 0 Å². The number of ether oxygens (including phenoxy) is 3. The van der Waals surface area contributed by atoms with Crippen molar-refractivity contribution in [3.63, 3.8) is 0 Å². The molecule has 142 valence electrons. The normalized spacial score (nSPS) is 15.7. The Balaban J connectivity index is 1.31. The van der Waals surface area contributed by atoms with Crippen LogP contribution in [0, 0.1) is 0 Å². The van der Waals surface area contributed by atoms with Crippen molar-refractivity contribution in [2.75, 3.05) is 6.79 Å². The first-order valence-corrected chi connectivity index (χ1v) is 9.90. The third kappa shape index (κ3) is 3.93. The number of rotatable bonds is 5. The summed E-state index contributed by atoms with van der Waals surface area (Å²) in [6.07, 6.45) is 3.52. The zero-order chi connectivity index (χ0) is 18.8. The average Bonchev–Trinajstić information content (AvgIpc) is 3.31. The maximum Gasteiger partial charge on any atom is 0.349 e. The molecule has 2 heterocycles. The molecule has 0 spiro atoms. The lowest BCUT2D eigenvalue weighted by Gasteiger charge is -2.13. The minimum Gasteiger partial charge on any atom is -0.454 e. The Morgan fingerprint density at radius 2 is 2.00 bits per heavy atom. The van der Waals surface area contributed by atoms with Gasteiger partial charge in [-0.3, -0.25) is 4.79 Å². The van der Waals surface area contributed by atoms with Crippen LogP contribution in [0.3, 0.4) is 0 Å². The number of hydrogen-bond acceptors (Lipinski definition) is 6. The molecule has 1 aromatic carbocycles. The van der Waals surface area contributed by atoms with Crippen molar-refractivity contribution in [1.82, 2.24) is 5.32 Å². The van der Waals surface area contributed by atoms with Crippen LogP contribution in [0.25, 0.3) is 0 Å². The molecule has 1 aromatic heterocycles. The van der Waals surface area contributed by atoms with Crippen molar-refractivity contribution in [2.24, 2.45) is 0 Å². The molecule has 7 heteroatoms. The fraction of sp³-hybridized carbons (Fsp3) is 0.400. The molecule has 27 heavy (non-hydrogen) atoms. The quantitative estimate of drug-likeness (QED) is 0.798. The van der Waals surface area contributed by atoms with Crippen LogP contribution in [0.15, 0.2) is 24.3 Å². The summed E-state index contributed by atoms with van der Waals surface area (Å²) in [5.74, 6) is 0.608. The van der Waals surface area contributed by atoms with Gasteiger partial charge in [0.2, 0.25) is 6.79 Å². The van der Waals surface area contributed by atoms with Crippen molar-refractivity contribution < 1.29 is 23.8 Å². The molecule has 1 aliphatic heterocycles. The molecule has 1 N–H and O–H groups in total. The summed E-state index contributed by atoms with van der Waals surface area (Å²) in [5.41, 5.74) is 2.13. The minimum atomic E-state index is -0.856. The van der Waals surface area contributed by atoms with E-state index in [1.807, 2.05) is 24.3 Å². The topological polar surface area (TPSA) is 73.9 Å². The molecule has 2 aliphatic rings. The number of aryl methyl sites for hydroxylation is 2. The Hall–Kier alpha value is -2.54. The number of benzene rings is 1. The fourth-order valence-corrected chi connectivity index (χ4v) is 4.38. The highest BCUT2D eigenvalue weighted by Gasteiger charge is 2.23. The van der Waals surface area contributed by atoms with Gasteiger partial charge in [0.25, 0.3) is 5.91 Å². The Bertz CT molecular complexity index is 852. The van der Waals surface area contributed by atoms with E-state index in [9.17, 15) is 9.59 Å². The van der Waals surface area contributed by atoms with Crippen LogP contribution in [0.1, 0.15) is 45.4 Å². The van der Waals surface area contributed by atoms with Crippen LogP contribution in [0.4, 0.5) is 0 Å². The van der Waals surface area contributed by atoms with E-state index in [0.29, 0.717) is 22.9 Å². The first kappa shape index (κ1) is 17.9. The van der Waals surface area contributed by atoms with Gasteiger partial charge >= 0.3 is 5.97 Å². The van der Waals surface area contributed by atoms with E-state index in [2.05, 4.69) is 5.32 Å². The molecule has 6 nitrogen and oxygen atoms in total. The molecule has 1 aliphatic carbocycles. The predicted octanol–water partition coefficient (Wildman–Crippen LogP) is 3.22. The summed E-state index contributed by atoms with van der Waals surface area (Å²) in [7, 11) is 0. The molecule has 4 rings (SSSR count). The van der Waals surface area contributed by atoms with Gasteiger partial charge in [-0.2, -0.15) is 0 Å². The summed E-state index contributed by atoms with van der Waals surface area (Å²) in [6.45, 7) is 2.12. The highest BCUT2D eigenvalue weighted by Crippen LogP contribution is 2.32. The van der Waals surface area contributed by atoms with Gasteiger partial charge in [-0.05, 0) is 61.9 Å².